The Morgan fingerprint density at radius 2 is 2.07 bits per heavy atom. The smallest absolute Gasteiger partial charge is 0.233 e. The SMILES string of the molecule is O=C(CSc1nnnn1C1CCCCC1)N1CCc2sccc2[C@H]1c1cccs1. The zero-order chi connectivity index (χ0) is 19.6. The molecule has 1 saturated carbocycles. The number of nitrogens with zero attached hydrogens (tertiary/aromatic N) is 5. The van der Waals surface area contributed by atoms with Crippen molar-refractivity contribution in [1.82, 2.24) is 25.1 Å². The van der Waals surface area contributed by atoms with Crippen LogP contribution in [0.2, 0.25) is 0 Å². The number of carbonyl (C=O) groups excluding carboxylic acids is 1. The van der Waals surface area contributed by atoms with Crippen molar-refractivity contribution in [2.24, 2.45) is 0 Å². The molecule has 1 aliphatic carbocycles. The monoisotopic (exact) mass is 445 g/mol. The summed E-state index contributed by atoms with van der Waals surface area (Å²) < 4.78 is 1.95. The molecule has 0 bridgehead atoms. The van der Waals surface area contributed by atoms with Gasteiger partial charge in [-0.3, -0.25) is 4.79 Å². The van der Waals surface area contributed by atoms with E-state index < -0.39 is 0 Å². The average Bonchev–Trinajstić information content (AvgIpc) is 3.53. The van der Waals surface area contributed by atoms with Crippen LogP contribution in [0.15, 0.2) is 34.1 Å². The summed E-state index contributed by atoms with van der Waals surface area (Å²) in [5.41, 5.74) is 1.29. The summed E-state index contributed by atoms with van der Waals surface area (Å²) in [6, 6.07) is 6.79. The molecule has 9 heteroatoms. The first-order valence-corrected chi connectivity index (χ1v) is 12.9. The molecule has 0 spiro atoms. The van der Waals surface area contributed by atoms with Gasteiger partial charge < -0.3 is 4.90 Å². The van der Waals surface area contributed by atoms with Gasteiger partial charge in [0.15, 0.2) is 0 Å². The summed E-state index contributed by atoms with van der Waals surface area (Å²) in [5, 5.41) is 17.3. The van der Waals surface area contributed by atoms with Crippen molar-refractivity contribution in [2.45, 2.75) is 55.8 Å². The summed E-state index contributed by atoms with van der Waals surface area (Å²) in [6.45, 7) is 0.767. The number of rotatable bonds is 5. The first-order chi connectivity index (χ1) is 14.3. The highest BCUT2D eigenvalue weighted by atomic mass is 32.2. The summed E-state index contributed by atoms with van der Waals surface area (Å²) in [7, 11) is 0. The maximum absolute atomic E-state index is 13.3. The van der Waals surface area contributed by atoms with Crippen molar-refractivity contribution in [3.8, 4) is 0 Å². The second-order valence-electron chi connectivity index (χ2n) is 7.54. The number of thioether (sulfide) groups is 1. The number of fused-ring (bicyclic) bond motifs is 1. The predicted octanol–water partition coefficient (Wildman–Crippen LogP) is 4.57. The second-order valence-corrected chi connectivity index (χ2v) is 10.5. The van der Waals surface area contributed by atoms with Gasteiger partial charge in [-0.25, -0.2) is 4.68 Å². The molecule has 3 aromatic rings. The first kappa shape index (κ1) is 19.3. The van der Waals surface area contributed by atoms with Crippen molar-refractivity contribution in [3.63, 3.8) is 0 Å². The molecule has 1 aliphatic heterocycles. The van der Waals surface area contributed by atoms with Gasteiger partial charge in [-0.1, -0.05) is 37.1 Å². The van der Waals surface area contributed by atoms with Crippen LogP contribution in [0.5, 0.6) is 0 Å². The third-order valence-electron chi connectivity index (χ3n) is 5.81. The Morgan fingerprint density at radius 1 is 1.17 bits per heavy atom. The number of hydrogen-bond acceptors (Lipinski definition) is 7. The quantitative estimate of drug-likeness (QED) is 0.539. The van der Waals surface area contributed by atoms with Crippen molar-refractivity contribution < 1.29 is 4.79 Å². The minimum absolute atomic E-state index is 0.0347. The van der Waals surface area contributed by atoms with Gasteiger partial charge in [0.2, 0.25) is 11.1 Å². The van der Waals surface area contributed by atoms with E-state index >= 15 is 0 Å². The lowest BCUT2D eigenvalue weighted by molar-refractivity contribution is -0.130. The van der Waals surface area contributed by atoms with Crippen LogP contribution in [0, 0.1) is 0 Å². The maximum Gasteiger partial charge on any atom is 0.233 e. The van der Waals surface area contributed by atoms with Crippen LogP contribution in [0.4, 0.5) is 0 Å². The van der Waals surface area contributed by atoms with Crippen LogP contribution in [0.1, 0.15) is 59.5 Å². The van der Waals surface area contributed by atoms with E-state index in [4.69, 9.17) is 0 Å². The molecule has 152 valence electrons. The van der Waals surface area contributed by atoms with E-state index in [1.54, 1.807) is 22.7 Å². The zero-order valence-electron chi connectivity index (χ0n) is 16.1. The molecule has 1 fully saturated rings. The van der Waals surface area contributed by atoms with E-state index in [0.29, 0.717) is 11.8 Å². The Balaban J connectivity index is 1.32. The molecular formula is C20H23N5OS3. The van der Waals surface area contributed by atoms with Crippen LogP contribution in [-0.4, -0.2) is 43.3 Å². The van der Waals surface area contributed by atoms with Crippen LogP contribution >= 0.6 is 34.4 Å². The second kappa shape index (κ2) is 8.57. The number of aromatic nitrogens is 4. The number of hydrogen-bond donors (Lipinski definition) is 0. The van der Waals surface area contributed by atoms with E-state index in [-0.39, 0.29) is 11.9 Å². The normalized spacial score (nSPS) is 20.0. The van der Waals surface area contributed by atoms with Crippen molar-refractivity contribution in [2.75, 3.05) is 12.3 Å². The third kappa shape index (κ3) is 3.87. The van der Waals surface area contributed by atoms with Gasteiger partial charge in [0.05, 0.1) is 17.8 Å². The Hall–Kier alpha value is -1.71. The number of amides is 1. The molecule has 0 saturated heterocycles. The van der Waals surface area contributed by atoms with Gasteiger partial charge in [0.1, 0.15) is 0 Å². The first-order valence-electron chi connectivity index (χ1n) is 10.1. The summed E-state index contributed by atoms with van der Waals surface area (Å²) in [4.78, 5) is 17.9. The standard InChI is InChI=1S/C20H23N5OS3/c26-18(13-29-20-21-22-23-25(20)14-5-2-1-3-6-14)24-10-8-16-15(9-12-28-16)19(24)17-7-4-11-27-17/h4,7,9,11-12,14,19H,1-3,5-6,8,10,13H2/t19-/m0/s1. The fourth-order valence-electron chi connectivity index (χ4n) is 4.38. The largest absolute Gasteiger partial charge is 0.330 e. The van der Waals surface area contributed by atoms with Crippen LogP contribution < -0.4 is 0 Å². The molecule has 2 aliphatic rings. The molecular weight excluding hydrogens is 422 g/mol. The third-order valence-corrected chi connectivity index (χ3v) is 8.65. The zero-order valence-corrected chi connectivity index (χ0v) is 18.5. The average molecular weight is 446 g/mol. The van der Waals surface area contributed by atoms with Gasteiger partial charge >= 0.3 is 0 Å². The van der Waals surface area contributed by atoms with Crippen molar-refractivity contribution in [3.05, 3.63) is 44.3 Å². The van der Waals surface area contributed by atoms with Crippen LogP contribution in [0.25, 0.3) is 0 Å². The number of thiophene rings is 2. The maximum atomic E-state index is 13.3. The van der Waals surface area contributed by atoms with Crippen molar-refractivity contribution >= 4 is 40.3 Å². The molecule has 5 rings (SSSR count). The minimum atomic E-state index is 0.0347. The minimum Gasteiger partial charge on any atom is -0.330 e. The Morgan fingerprint density at radius 3 is 2.90 bits per heavy atom. The molecule has 29 heavy (non-hydrogen) atoms. The Labute approximate surface area is 182 Å². The van der Waals surface area contributed by atoms with Gasteiger partial charge in [0, 0.05) is 16.3 Å². The molecule has 0 aromatic carbocycles. The van der Waals surface area contributed by atoms with Crippen LogP contribution in [0.3, 0.4) is 0 Å². The van der Waals surface area contributed by atoms with Gasteiger partial charge in [-0.2, -0.15) is 0 Å². The van der Waals surface area contributed by atoms with Crippen molar-refractivity contribution in [1.29, 1.82) is 0 Å². The highest BCUT2D eigenvalue weighted by molar-refractivity contribution is 7.99. The lowest BCUT2D eigenvalue weighted by Gasteiger charge is -2.35. The number of carbonyl (C=O) groups is 1. The van der Waals surface area contributed by atoms with E-state index in [1.165, 1.54) is 46.3 Å². The molecule has 3 aromatic heterocycles. The fourth-order valence-corrected chi connectivity index (χ4v) is 6.97. The lowest BCUT2D eigenvalue weighted by Crippen LogP contribution is -2.40. The summed E-state index contributed by atoms with van der Waals surface area (Å²) >= 11 is 5.00. The topological polar surface area (TPSA) is 63.9 Å². The predicted molar refractivity (Wildman–Crippen MR) is 117 cm³/mol. The highest BCUT2D eigenvalue weighted by Gasteiger charge is 2.33. The molecule has 0 unspecified atom stereocenters. The summed E-state index contributed by atoms with van der Waals surface area (Å²) in [5.74, 6) is 0.525. The molecule has 0 radical (unpaired) electrons. The van der Waals surface area contributed by atoms with Crippen LogP contribution in [-0.2, 0) is 11.2 Å². The van der Waals surface area contributed by atoms with E-state index in [1.807, 2.05) is 9.58 Å². The van der Waals surface area contributed by atoms with E-state index in [9.17, 15) is 4.79 Å². The molecule has 1 amide bonds. The van der Waals surface area contributed by atoms with E-state index in [0.717, 1.165) is 31.0 Å². The molecule has 6 nitrogen and oxygen atoms in total. The highest BCUT2D eigenvalue weighted by Crippen LogP contribution is 2.40. The molecule has 1 atom stereocenters. The Bertz CT molecular complexity index is 961. The Kier molecular flexibility index (Phi) is 5.69. The van der Waals surface area contributed by atoms with E-state index in [2.05, 4.69) is 44.5 Å². The fraction of sp³-hybridized carbons (Fsp3) is 0.500. The molecule has 4 heterocycles. The summed E-state index contributed by atoms with van der Waals surface area (Å²) in [6.07, 6.45) is 6.94. The van der Waals surface area contributed by atoms with Gasteiger partial charge in [0.25, 0.3) is 0 Å². The number of tetrazole rings is 1. The molecule has 0 N–H and O–H groups in total. The van der Waals surface area contributed by atoms with Gasteiger partial charge in [-0.05, 0) is 58.1 Å². The van der Waals surface area contributed by atoms with Gasteiger partial charge in [-0.15, -0.1) is 27.8 Å². The lowest BCUT2D eigenvalue weighted by atomic mass is 9.96.